The first-order chi connectivity index (χ1) is 14.2. The molecule has 2 N–H and O–H groups in total. The number of aryl methyl sites for hydroxylation is 1. The molecule has 3 rings (SSSR count). The van der Waals surface area contributed by atoms with E-state index in [4.69, 9.17) is 9.47 Å². The highest BCUT2D eigenvalue weighted by atomic mass is 16.5. The summed E-state index contributed by atoms with van der Waals surface area (Å²) in [7, 11) is 3.17. The van der Waals surface area contributed by atoms with E-state index in [1.165, 1.54) is 18.0 Å². The van der Waals surface area contributed by atoms with Gasteiger partial charge >= 0.3 is 0 Å². The van der Waals surface area contributed by atoms with Gasteiger partial charge < -0.3 is 20.1 Å². The molecule has 0 bridgehead atoms. The molecule has 1 amide bonds. The Morgan fingerprint density at radius 1 is 1.00 bits per heavy atom. The summed E-state index contributed by atoms with van der Waals surface area (Å²) in [5, 5.41) is 5.97. The number of nitrogens with one attached hydrogen (secondary N) is 2. The van der Waals surface area contributed by atoms with Crippen LogP contribution in [0, 0.1) is 0 Å². The molecule has 0 unspecified atom stereocenters. The molecule has 2 aromatic carbocycles. The number of nitrogens with zero attached hydrogens (tertiary/aromatic N) is 2. The lowest BCUT2D eigenvalue weighted by Gasteiger charge is -2.11. The van der Waals surface area contributed by atoms with Crippen LogP contribution in [0.25, 0.3) is 0 Å². The van der Waals surface area contributed by atoms with E-state index in [0.717, 1.165) is 12.8 Å². The van der Waals surface area contributed by atoms with Crippen molar-refractivity contribution in [1.82, 2.24) is 15.3 Å². The zero-order chi connectivity index (χ0) is 20.5. The molecule has 150 valence electrons. The lowest BCUT2D eigenvalue weighted by Crippen LogP contribution is -2.25. The van der Waals surface area contributed by atoms with Gasteiger partial charge in [-0.2, -0.15) is 0 Å². The molecular weight excluding hydrogens is 368 g/mol. The number of hydrogen-bond donors (Lipinski definition) is 2. The van der Waals surface area contributed by atoms with E-state index in [2.05, 4.69) is 32.7 Å². The quantitative estimate of drug-likeness (QED) is 0.541. The van der Waals surface area contributed by atoms with Crippen LogP contribution in [0.3, 0.4) is 0 Å². The van der Waals surface area contributed by atoms with E-state index in [0.29, 0.717) is 35.2 Å². The molecule has 0 aliphatic heterocycles. The third-order valence-electron chi connectivity index (χ3n) is 4.34. The SMILES string of the molecule is COc1ccc(Nc2ncc(C(=O)NCCCc3ccccc3)cn2)c(OC)c1. The Morgan fingerprint density at radius 2 is 1.76 bits per heavy atom. The van der Waals surface area contributed by atoms with Gasteiger partial charge in [-0.3, -0.25) is 4.79 Å². The maximum atomic E-state index is 12.3. The highest BCUT2D eigenvalue weighted by Gasteiger charge is 2.09. The first-order valence-corrected chi connectivity index (χ1v) is 9.33. The molecule has 0 aliphatic rings. The average Bonchev–Trinajstić information content (AvgIpc) is 2.78. The van der Waals surface area contributed by atoms with E-state index in [9.17, 15) is 4.79 Å². The summed E-state index contributed by atoms with van der Waals surface area (Å²) in [6.45, 7) is 0.594. The van der Waals surface area contributed by atoms with Crippen LogP contribution in [-0.2, 0) is 6.42 Å². The van der Waals surface area contributed by atoms with Crippen molar-refractivity contribution >= 4 is 17.5 Å². The van der Waals surface area contributed by atoms with Crippen LogP contribution in [-0.4, -0.2) is 36.6 Å². The van der Waals surface area contributed by atoms with Crippen molar-refractivity contribution in [3.63, 3.8) is 0 Å². The standard InChI is InChI=1S/C22H24N4O3/c1-28-18-10-11-19(20(13-18)29-2)26-22-24-14-17(15-25-22)21(27)23-12-6-9-16-7-4-3-5-8-16/h3-5,7-8,10-11,13-15H,6,9,12H2,1-2H3,(H,23,27)(H,24,25,26). The number of carbonyl (C=O) groups excluding carboxylic acids is 1. The minimum atomic E-state index is -0.188. The molecule has 7 nitrogen and oxygen atoms in total. The predicted octanol–water partition coefficient (Wildman–Crippen LogP) is 3.60. The summed E-state index contributed by atoms with van der Waals surface area (Å²) < 4.78 is 10.5. The number of hydrogen-bond acceptors (Lipinski definition) is 6. The van der Waals surface area contributed by atoms with Gasteiger partial charge in [-0.15, -0.1) is 0 Å². The number of anilines is 2. The Labute approximate surface area is 170 Å². The molecule has 0 radical (unpaired) electrons. The maximum absolute atomic E-state index is 12.3. The fourth-order valence-electron chi connectivity index (χ4n) is 2.77. The highest BCUT2D eigenvalue weighted by molar-refractivity contribution is 5.93. The lowest BCUT2D eigenvalue weighted by molar-refractivity contribution is 0.0952. The highest BCUT2D eigenvalue weighted by Crippen LogP contribution is 2.30. The van der Waals surface area contributed by atoms with Crippen molar-refractivity contribution in [3.8, 4) is 11.5 Å². The van der Waals surface area contributed by atoms with E-state index in [1.807, 2.05) is 30.3 Å². The molecule has 0 saturated heterocycles. The topological polar surface area (TPSA) is 85.4 Å². The van der Waals surface area contributed by atoms with Gasteiger partial charge in [0, 0.05) is 25.0 Å². The molecule has 29 heavy (non-hydrogen) atoms. The van der Waals surface area contributed by atoms with Crippen molar-refractivity contribution in [1.29, 1.82) is 0 Å². The minimum absolute atomic E-state index is 0.188. The number of carbonyl (C=O) groups is 1. The summed E-state index contributed by atoms with van der Waals surface area (Å²) in [5.41, 5.74) is 2.37. The number of amides is 1. The van der Waals surface area contributed by atoms with Crippen LogP contribution < -0.4 is 20.1 Å². The monoisotopic (exact) mass is 392 g/mol. The molecule has 0 spiro atoms. The molecule has 1 aromatic heterocycles. The van der Waals surface area contributed by atoms with Gasteiger partial charge in [0.25, 0.3) is 5.91 Å². The summed E-state index contributed by atoms with van der Waals surface area (Å²) >= 11 is 0. The van der Waals surface area contributed by atoms with Gasteiger partial charge in [0.15, 0.2) is 0 Å². The predicted molar refractivity (Wildman–Crippen MR) is 112 cm³/mol. The van der Waals surface area contributed by atoms with E-state index < -0.39 is 0 Å². The molecule has 0 fully saturated rings. The fourth-order valence-corrected chi connectivity index (χ4v) is 2.77. The Hall–Kier alpha value is -3.61. The second-order valence-electron chi connectivity index (χ2n) is 6.33. The first-order valence-electron chi connectivity index (χ1n) is 9.33. The maximum Gasteiger partial charge on any atom is 0.254 e. The third-order valence-corrected chi connectivity index (χ3v) is 4.34. The number of aromatic nitrogens is 2. The van der Waals surface area contributed by atoms with Crippen molar-refractivity contribution in [2.75, 3.05) is 26.1 Å². The Balaban J connectivity index is 1.52. The van der Waals surface area contributed by atoms with Crippen molar-refractivity contribution < 1.29 is 14.3 Å². The van der Waals surface area contributed by atoms with Crippen LogP contribution in [0.2, 0.25) is 0 Å². The third kappa shape index (κ3) is 5.68. The first kappa shape index (κ1) is 20.1. The summed E-state index contributed by atoms with van der Waals surface area (Å²) in [6, 6.07) is 15.6. The van der Waals surface area contributed by atoms with Crippen molar-refractivity contribution in [3.05, 3.63) is 72.1 Å². The average molecular weight is 392 g/mol. The summed E-state index contributed by atoms with van der Waals surface area (Å²) in [6.07, 6.45) is 4.79. The summed E-state index contributed by atoms with van der Waals surface area (Å²) in [4.78, 5) is 20.7. The van der Waals surface area contributed by atoms with Gasteiger partial charge in [0.05, 0.1) is 25.5 Å². The normalized spacial score (nSPS) is 10.3. The van der Waals surface area contributed by atoms with E-state index in [-0.39, 0.29) is 5.91 Å². The number of benzene rings is 2. The fraction of sp³-hybridized carbons (Fsp3) is 0.227. The largest absolute Gasteiger partial charge is 0.497 e. The van der Waals surface area contributed by atoms with Crippen LogP contribution in [0.15, 0.2) is 60.9 Å². The molecule has 0 atom stereocenters. The molecule has 0 aliphatic carbocycles. The zero-order valence-corrected chi connectivity index (χ0v) is 16.5. The van der Waals surface area contributed by atoms with Crippen molar-refractivity contribution in [2.45, 2.75) is 12.8 Å². The number of rotatable bonds is 9. The zero-order valence-electron chi connectivity index (χ0n) is 16.5. The Bertz CT molecular complexity index is 931. The van der Waals surface area contributed by atoms with Gasteiger partial charge in [0.1, 0.15) is 11.5 Å². The van der Waals surface area contributed by atoms with Crippen LogP contribution >= 0.6 is 0 Å². The second-order valence-corrected chi connectivity index (χ2v) is 6.33. The van der Waals surface area contributed by atoms with Gasteiger partial charge in [0.2, 0.25) is 5.95 Å². The van der Waals surface area contributed by atoms with Crippen LogP contribution in [0.4, 0.5) is 11.6 Å². The lowest BCUT2D eigenvalue weighted by atomic mass is 10.1. The van der Waals surface area contributed by atoms with Gasteiger partial charge in [-0.1, -0.05) is 30.3 Å². The van der Waals surface area contributed by atoms with E-state index >= 15 is 0 Å². The molecule has 3 aromatic rings. The second kappa shape index (κ2) is 10.1. The van der Waals surface area contributed by atoms with E-state index in [1.54, 1.807) is 20.3 Å². The van der Waals surface area contributed by atoms with Crippen LogP contribution in [0.5, 0.6) is 11.5 Å². The Morgan fingerprint density at radius 3 is 2.45 bits per heavy atom. The molecule has 0 saturated carbocycles. The molecule has 7 heteroatoms. The molecular formula is C22H24N4O3. The minimum Gasteiger partial charge on any atom is -0.497 e. The number of ether oxygens (including phenoxy) is 2. The summed E-state index contributed by atoms with van der Waals surface area (Å²) in [5.74, 6) is 1.47. The Kier molecular flexibility index (Phi) is 7.00. The smallest absolute Gasteiger partial charge is 0.254 e. The number of methoxy groups -OCH3 is 2. The molecule has 1 heterocycles. The van der Waals surface area contributed by atoms with Crippen molar-refractivity contribution in [2.24, 2.45) is 0 Å². The van der Waals surface area contributed by atoms with Gasteiger partial charge in [-0.25, -0.2) is 9.97 Å². The van der Waals surface area contributed by atoms with Crippen LogP contribution in [0.1, 0.15) is 22.3 Å². The van der Waals surface area contributed by atoms with Gasteiger partial charge in [-0.05, 0) is 30.5 Å².